The average molecular weight is 515 g/mol. The first-order valence-corrected chi connectivity index (χ1v) is 11.2. The zero-order valence-corrected chi connectivity index (χ0v) is 20.6. The van der Waals surface area contributed by atoms with E-state index >= 15 is 0 Å². The van der Waals surface area contributed by atoms with Gasteiger partial charge in [-0.3, -0.25) is 0 Å². The number of aryl methyl sites for hydroxylation is 1. The molecule has 2 aromatic carbocycles. The predicted molar refractivity (Wildman–Crippen MR) is 130 cm³/mol. The Kier molecular flexibility index (Phi) is 6.30. The van der Waals surface area contributed by atoms with Gasteiger partial charge < -0.3 is 0 Å². The maximum Gasteiger partial charge on any atom is 0.134 e. The molecule has 0 fully saturated rings. The molecule has 9 heteroatoms. The van der Waals surface area contributed by atoms with Crippen LogP contribution in [0.1, 0.15) is 17.0 Å². The topological polar surface area (TPSA) is 35.6 Å². The highest BCUT2D eigenvalue weighted by atomic mass is 35.5. The lowest BCUT2D eigenvalue weighted by molar-refractivity contribution is 0.496. The molecule has 0 saturated carbocycles. The minimum absolute atomic E-state index is 0.372. The molecule has 0 aliphatic rings. The van der Waals surface area contributed by atoms with Gasteiger partial charge in [-0.2, -0.15) is 10.2 Å². The van der Waals surface area contributed by atoms with Crippen LogP contribution in [0.5, 0.6) is 0 Å². The average Bonchev–Trinajstić information content (AvgIpc) is 3.17. The fourth-order valence-corrected chi connectivity index (χ4v) is 4.25. The van der Waals surface area contributed by atoms with Crippen LogP contribution in [-0.2, 0) is 6.67 Å². The van der Waals surface area contributed by atoms with Crippen molar-refractivity contribution < 1.29 is 0 Å². The summed E-state index contributed by atoms with van der Waals surface area (Å²) in [5, 5.41) is 12.0. The van der Waals surface area contributed by atoms with E-state index in [-0.39, 0.29) is 0 Å². The van der Waals surface area contributed by atoms with Gasteiger partial charge in [0.15, 0.2) is 0 Å². The Labute approximate surface area is 205 Å². The summed E-state index contributed by atoms with van der Waals surface area (Å²) in [6, 6.07) is 11.0. The molecule has 2 aromatic heterocycles. The first-order chi connectivity index (χ1) is 14.7. The van der Waals surface area contributed by atoms with E-state index in [9.17, 15) is 0 Å². The lowest BCUT2D eigenvalue weighted by atomic mass is 10.0. The summed E-state index contributed by atoms with van der Waals surface area (Å²) in [4.78, 5) is 0. The van der Waals surface area contributed by atoms with Crippen LogP contribution in [0.25, 0.3) is 22.5 Å². The molecule has 4 rings (SSSR count). The monoisotopic (exact) mass is 512 g/mol. The molecule has 4 aromatic rings. The fraction of sp³-hybridized carbons (Fsp3) is 0.182. The van der Waals surface area contributed by atoms with Crippen molar-refractivity contribution in [1.29, 1.82) is 0 Å². The van der Waals surface area contributed by atoms with Crippen molar-refractivity contribution in [2.75, 3.05) is 0 Å². The molecule has 0 atom stereocenters. The van der Waals surface area contributed by atoms with Crippen LogP contribution in [0.4, 0.5) is 0 Å². The van der Waals surface area contributed by atoms with Gasteiger partial charge in [0.25, 0.3) is 0 Å². The van der Waals surface area contributed by atoms with Gasteiger partial charge in [-0.05, 0) is 45.0 Å². The van der Waals surface area contributed by atoms with Gasteiger partial charge in [0.1, 0.15) is 6.67 Å². The second-order valence-corrected chi connectivity index (χ2v) is 9.21. The summed E-state index contributed by atoms with van der Waals surface area (Å²) in [6.45, 7) is 6.18. The van der Waals surface area contributed by atoms with Crippen LogP contribution < -0.4 is 0 Å². The third kappa shape index (κ3) is 4.20. The van der Waals surface area contributed by atoms with Crippen LogP contribution >= 0.6 is 58.0 Å². The molecule has 0 saturated heterocycles. The summed E-state index contributed by atoms with van der Waals surface area (Å²) < 4.78 is 3.70. The van der Waals surface area contributed by atoms with Gasteiger partial charge in [0, 0.05) is 16.7 Å². The summed E-state index contributed by atoms with van der Waals surface area (Å²) >= 11 is 31.2. The molecule has 0 unspecified atom stereocenters. The highest BCUT2D eigenvalue weighted by Gasteiger charge is 2.20. The maximum atomic E-state index is 6.35. The van der Waals surface area contributed by atoms with Gasteiger partial charge in [0.05, 0.1) is 47.9 Å². The molecular weight excluding hydrogens is 498 g/mol. The molecule has 0 spiro atoms. The number of hydrogen-bond donors (Lipinski definition) is 0. The van der Waals surface area contributed by atoms with Crippen LogP contribution in [0, 0.1) is 20.8 Å². The van der Waals surface area contributed by atoms with E-state index in [0.29, 0.717) is 31.8 Å². The first-order valence-electron chi connectivity index (χ1n) is 9.35. The lowest BCUT2D eigenvalue weighted by Gasteiger charge is -2.11. The largest absolute Gasteiger partial charge is 0.246 e. The summed E-state index contributed by atoms with van der Waals surface area (Å²) in [7, 11) is 0. The van der Waals surface area contributed by atoms with E-state index in [0.717, 1.165) is 39.5 Å². The van der Waals surface area contributed by atoms with Gasteiger partial charge in [0.2, 0.25) is 0 Å². The second-order valence-electron chi connectivity index (χ2n) is 7.21. The van der Waals surface area contributed by atoms with E-state index in [1.807, 2.05) is 54.4 Å². The van der Waals surface area contributed by atoms with Crippen LogP contribution in [0.3, 0.4) is 0 Å². The molecule has 160 valence electrons. The molecule has 31 heavy (non-hydrogen) atoms. The fourth-order valence-electron chi connectivity index (χ4n) is 3.52. The Bertz CT molecular complexity index is 1310. The van der Waals surface area contributed by atoms with Crippen LogP contribution in [0.2, 0.25) is 25.1 Å². The van der Waals surface area contributed by atoms with Gasteiger partial charge in [-0.15, -0.1) is 0 Å². The molecule has 0 aliphatic heterocycles. The van der Waals surface area contributed by atoms with Crippen molar-refractivity contribution in [1.82, 2.24) is 19.6 Å². The van der Waals surface area contributed by atoms with Crippen molar-refractivity contribution in [2.45, 2.75) is 27.4 Å². The van der Waals surface area contributed by atoms with Crippen molar-refractivity contribution in [2.24, 2.45) is 0 Å². The van der Waals surface area contributed by atoms with Gasteiger partial charge >= 0.3 is 0 Å². The molecule has 0 aliphatic carbocycles. The minimum atomic E-state index is 0.372. The van der Waals surface area contributed by atoms with Crippen molar-refractivity contribution in [3.8, 4) is 22.5 Å². The van der Waals surface area contributed by atoms with Gasteiger partial charge in [-0.25, -0.2) is 9.36 Å². The van der Waals surface area contributed by atoms with E-state index in [2.05, 4.69) is 5.10 Å². The van der Waals surface area contributed by atoms with E-state index in [4.69, 9.17) is 63.1 Å². The smallest absolute Gasteiger partial charge is 0.134 e. The minimum Gasteiger partial charge on any atom is -0.246 e. The molecule has 0 radical (unpaired) electrons. The number of rotatable bonds is 4. The lowest BCUT2D eigenvalue weighted by Crippen LogP contribution is -2.13. The molecular formula is C22H17Cl5N4. The number of benzene rings is 2. The SMILES string of the molecule is Cc1nn(Cn2nc(-c3ccc(Cl)c(Cl)c3)c(C)c2-c2ccc(Cl)c(Cl)c2)c(C)c1Cl. The molecule has 0 bridgehead atoms. The Hall–Kier alpha value is -1.69. The van der Waals surface area contributed by atoms with Crippen molar-refractivity contribution in [3.63, 3.8) is 0 Å². The zero-order valence-electron chi connectivity index (χ0n) is 16.8. The molecule has 0 N–H and O–H groups in total. The number of hydrogen-bond acceptors (Lipinski definition) is 2. The second kappa shape index (κ2) is 8.68. The normalized spacial score (nSPS) is 11.4. The van der Waals surface area contributed by atoms with E-state index in [1.165, 1.54) is 0 Å². The highest BCUT2D eigenvalue weighted by Crippen LogP contribution is 2.36. The Balaban J connectivity index is 1.91. The Morgan fingerprint density at radius 2 is 1.29 bits per heavy atom. The third-order valence-electron chi connectivity index (χ3n) is 5.14. The van der Waals surface area contributed by atoms with Gasteiger partial charge in [-0.1, -0.05) is 70.1 Å². The highest BCUT2D eigenvalue weighted by molar-refractivity contribution is 6.42. The number of aromatic nitrogens is 4. The quantitative estimate of drug-likeness (QED) is 0.276. The Morgan fingerprint density at radius 1 is 0.710 bits per heavy atom. The van der Waals surface area contributed by atoms with E-state index in [1.54, 1.807) is 12.1 Å². The number of halogens is 5. The zero-order chi connectivity index (χ0) is 22.4. The standard InChI is InChI=1S/C22H17Cl5N4/c1-11-21(14-4-6-16(23)18(25)8-14)29-31(10-30-13(3)20(27)12(2)28-30)22(11)15-5-7-17(24)19(26)9-15/h4-9H,10H2,1-3H3. The summed E-state index contributed by atoms with van der Waals surface area (Å²) in [6.07, 6.45) is 0. The predicted octanol–water partition coefficient (Wildman–Crippen LogP) is 8.11. The first kappa shape index (κ1) is 22.5. The summed E-state index contributed by atoms with van der Waals surface area (Å²) in [5.41, 5.74) is 6.02. The molecule has 4 nitrogen and oxygen atoms in total. The third-order valence-corrected chi connectivity index (χ3v) is 7.16. The van der Waals surface area contributed by atoms with Crippen LogP contribution in [-0.4, -0.2) is 19.6 Å². The Morgan fingerprint density at radius 3 is 1.84 bits per heavy atom. The molecule has 2 heterocycles. The van der Waals surface area contributed by atoms with E-state index < -0.39 is 0 Å². The van der Waals surface area contributed by atoms with Crippen molar-refractivity contribution in [3.05, 3.63) is 78.5 Å². The maximum absolute atomic E-state index is 6.35. The van der Waals surface area contributed by atoms with Crippen molar-refractivity contribution >= 4 is 58.0 Å². The number of nitrogens with zero attached hydrogens (tertiary/aromatic N) is 4. The molecule has 0 amide bonds. The summed E-state index contributed by atoms with van der Waals surface area (Å²) in [5.74, 6) is 0. The van der Waals surface area contributed by atoms with Crippen LogP contribution in [0.15, 0.2) is 36.4 Å².